The molecule has 1 amide bonds. The van der Waals surface area contributed by atoms with Crippen molar-refractivity contribution in [2.75, 3.05) is 17.7 Å². The molecule has 8 heteroatoms. The Kier molecular flexibility index (Phi) is 5.38. The first kappa shape index (κ1) is 19.1. The van der Waals surface area contributed by atoms with E-state index >= 15 is 0 Å². The van der Waals surface area contributed by atoms with Crippen molar-refractivity contribution in [3.63, 3.8) is 0 Å². The van der Waals surface area contributed by atoms with Crippen molar-refractivity contribution in [2.24, 2.45) is 0 Å². The van der Waals surface area contributed by atoms with Crippen LogP contribution in [0.5, 0.6) is 5.75 Å². The molecule has 4 rings (SSSR count). The molecule has 2 N–H and O–H groups in total. The molecule has 4 aromatic rings. The van der Waals surface area contributed by atoms with Crippen LogP contribution in [0.4, 0.5) is 17.2 Å². The minimum atomic E-state index is -0.203. The van der Waals surface area contributed by atoms with E-state index in [0.717, 1.165) is 11.5 Å². The highest BCUT2D eigenvalue weighted by atomic mass is 16.5. The van der Waals surface area contributed by atoms with E-state index in [1.807, 2.05) is 48.0 Å². The van der Waals surface area contributed by atoms with Gasteiger partial charge in [-0.05, 0) is 49.4 Å². The summed E-state index contributed by atoms with van der Waals surface area (Å²) in [5, 5.41) is 6.14. The van der Waals surface area contributed by atoms with Gasteiger partial charge in [0.15, 0.2) is 0 Å². The minimum absolute atomic E-state index is 0.203. The number of carbonyl (C=O) groups excluding carboxylic acids is 1. The summed E-state index contributed by atoms with van der Waals surface area (Å²) in [5.41, 5.74) is 2.05. The summed E-state index contributed by atoms with van der Waals surface area (Å²) in [6, 6.07) is 16.2. The van der Waals surface area contributed by atoms with E-state index in [1.165, 1.54) is 0 Å². The van der Waals surface area contributed by atoms with Gasteiger partial charge in [0.1, 0.15) is 29.5 Å². The van der Waals surface area contributed by atoms with Gasteiger partial charge in [-0.15, -0.1) is 0 Å². The first-order valence-electron chi connectivity index (χ1n) is 9.27. The standard InChI is InChI=1S/C22H20N6O2/c1-15-24-20(13-21(25-15)28-11-10-23-14-28)26-17-6-8-18(9-7-17)27-22(29)16-4-3-5-19(12-16)30-2/h3-14H,1-2H3,(H,27,29)(H,24,25,26). The number of amides is 1. The second kappa shape index (κ2) is 8.44. The molecular weight excluding hydrogens is 380 g/mol. The van der Waals surface area contributed by atoms with Gasteiger partial charge in [0.2, 0.25) is 0 Å². The van der Waals surface area contributed by atoms with Gasteiger partial charge in [-0.2, -0.15) is 0 Å². The number of benzene rings is 2. The first-order chi connectivity index (χ1) is 14.6. The van der Waals surface area contributed by atoms with E-state index in [9.17, 15) is 4.79 Å². The SMILES string of the molecule is COc1cccc(C(=O)Nc2ccc(Nc3cc(-n4ccnc4)nc(C)n3)cc2)c1. The number of ether oxygens (including phenoxy) is 1. The Hall–Kier alpha value is -4.20. The third-order valence-corrected chi connectivity index (χ3v) is 4.34. The zero-order chi connectivity index (χ0) is 20.9. The van der Waals surface area contributed by atoms with Crippen LogP contribution in [0.3, 0.4) is 0 Å². The van der Waals surface area contributed by atoms with Crippen molar-refractivity contribution in [1.82, 2.24) is 19.5 Å². The van der Waals surface area contributed by atoms with Gasteiger partial charge in [-0.1, -0.05) is 6.07 Å². The number of hydrogen-bond donors (Lipinski definition) is 2. The average Bonchev–Trinajstić information content (AvgIpc) is 3.30. The van der Waals surface area contributed by atoms with E-state index in [1.54, 1.807) is 43.9 Å². The number of nitrogens with zero attached hydrogens (tertiary/aromatic N) is 4. The molecule has 0 aliphatic rings. The lowest BCUT2D eigenvalue weighted by Crippen LogP contribution is -2.11. The quantitative estimate of drug-likeness (QED) is 0.509. The van der Waals surface area contributed by atoms with Crippen LogP contribution in [-0.4, -0.2) is 32.5 Å². The predicted octanol–water partition coefficient (Wildman–Crippen LogP) is 3.98. The zero-order valence-electron chi connectivity index (χ0n) is 16.5. The van der Waals surface area contributed by atoms with E-state index in [2.05, 4.69) is 25.6 Å². The summed E-state index contributed by atoms with van der Waals surface area (Å²) >= 11 is 0. The number of rotatable bonds is 6. The number of nitrogens with one attached hydrogen (secondary N) is 2. The van der Waals surface area contributed by atoms with Gasteiger partial charge in [0.25, 0.3) is 5.91 Å². The Morgan fingerprint density at radius 1 is 1.03 bits per heavy atom. The van der Waals surface area contributed by atoms with E-state index in [4.69, 9.17) is 4.74 Å². The van der Waals surface area contributed by atoms with Gasteiger partial charge in [-0.3, -0.25) is 9.36 Å². The Morgan fingerprint density at radius 2 is 1.83 bits per heavy atom. The zero-order valence-corrected chi connectivity index (χ0v) is 16.5. The Balaban J connectivity index is 1.46. The molecule has 30 heavy (non-hydrogen) atoms. The molecule has 0 aliphatic heterocycles. The van der Waals surface area contributed by atoms with Crippen molar-refractivity contribution >= 4 is 23.1 Å². The molecule has 0 atom stereocenters. The molecule has 0 saturated carbocycles. The van der Waals surface area contributed by atoms with Crippen molar-refractivity contribution in [1.29, 1.82) is 0 Å². The summed E-state index contributed by atoms with van der Waals surface area (Å²) in [5.74, 6) is 2.47. The molecule has 0 spiro atoms. The van der Waals surface area contributed by atoms with Gasteiger partial charge < -0.3 is 15.4 Å². The lowest BCUT2D eigenvalue weighted by Gasteiger charge is -2.10. The highest BCUT2D eigenvalue weighted by Crippen LogP contribution is 2.20. The van der Waals surface area contributed by atoms with E-state index in [0.29, 0.717) is 28.6 Å². The molecule has 2 aromatic carbocycles. The maximum Gasteiger partial charge on any atom is 0.255 e. The number of aromatic nitrogens is 4. The molecule has 0 aliphatic carbocycles. The molecule has 0 bridgehead atoms. The third kappa shape index (κ3) is 4.44. The van der Waals surface area contributed by atoms with Crippen molar-refractivity contribution in [2.45, 2.75) is 6.92 Å². The van der Waals surface area contributed by atoms with Crippen molar-refractivity contribution < 1.29 is 9.53 Å². The topological polar surface area (TPSA) is 94.0 Å². The second-order valence-corrected chi connectivity index (χ2v) is 6.52. The largest absolute Gasteiger partial charge is 0.497 e. The smallest absolute Gasteiger partial charge is 0.255 e. The van der Waals surface area contributed by atoms with Gasteiger partial charge >= 0.3 is 0 Å². The fourth-order valence-electron chi connectivity index (χ4n) is 2.90. The maximum atomic E-state index is 12.4. The van der Waals surface area contributed by atoms with E-state index < -0.39 is 0 Å². The fourth-order valence-corrected chi connectivity index (χ4v) is 2.90. The highest BCUT2D eigenvalue weighted by Gasteiger charge is 2.08. The highest BCUT2D eigenvalue weighted by molar-refractivity contribution is 6.04. The molecule has 8 nitrogen and oxygen atoms in total. The van der Waals surface area contributed by atoms with Crippen LogP contribution in [-0.2, 0) is 0 Å². The number of aryl methyl sites for hydroxylation is 1. The summed E-state index contributed by atoms with van der Waals surface area (Å²) in [6.07, 6.45) is 5.21. The normalized spacial score (nSPS) is 10.5. The van der Waals surface area contributed by atoms with Crippen LogP contribution in [0, 0.1) is 6.92 Å². The summed E-state index contributed by atoms with van der Waals surface area (Å²) < 4.78 is 6.98. The van der Waals surface area contributed by atoms with Crippen molar-refractivity contribution in [3.05, 3.63) is 84.7 Å². The van der Waals surface area contributed by atoms with Crippen LogP contribution in [0.15, 0.2) is 73.3 Å². The second-order valence-electron chi connectivity index (χ2n) is 6.52. The predicted molar refractivity (Wildman–Crippen MR) is 115 cm³/mol. The van der Waals surface area contributed by atoms with Crippen LogP contribution >= 0.6 is 0 Å². The van der Waals surface area contributed by atoms with Gasteiger partial charge in [-0.25, -0.2) is 15.0 Å². The summed E-state index contributed by atoms with van der Waals surface area (Å²) in [6.45, 7) is 1.84. The van der Waals surface area contributed by atoms with E-state index in [-0.39, 0.29) is 5.91 Å². The van der Waals surface area contributed by atoms with Crippen molar-refractivity contribution in [3.8, 4) is 11.6 Å². The maximum absolute atomic E-state index is 12.4. The molecular formula is C22H20N6O2. The first-order valence-corrected chi connectivity index (χ1v) is 9.27. The lowest BCUT2D eigenvalue weighted by atomic mass is 10.2. The molecule has 150 valence electrons. The lowest BCUT2D eigenvalue weighted by molar-refractivity contribution is 0.102. The average molecular weight is 400 g/mol. The minimum Gasteiger partial charge on any atom is -0.497 e. The van der Waals surface area contributed by atoms with Crippen LogP contribution in [0.2, 0.25) is 0 Å². The Labute approximate surface area is 173 Å². The molecule has 0 radical (unpaired) electrons. The number of anilines is 3. The summed E-state index contributed by atoms with van der Waals surface area (Å²) in [4.78, 5) is 25.3. The van der Waals surface area contributed by atoms with Crippen LogP contribution in [0.25, 0.3) is 5.82 Å². The number of methoxy groups -OCH3 is 1. The van der Waals surface area contributed by atoms with Crippen LogP contribution < -0.4 is 15.4 Å². The molecule has 0 saturated heterocycles. The van der Waals surface area contributed by atoms with Gasteiger partial charge in [0, 0.05) is 35.4 Å². The summed E-state index contributed by atoms with van der Waals surface area (Å²) in [7, 11) is 1.57. The molecule has 2 heterocycles. The monoisotopic (exact) mass is 400 g/mol. The number of carbonyl (C=O) groups is 1. The fraction of sp³-hybridized carbons (Fsp3) is 0.0909. The molecule has 2 aromatic heterocycles. The Morgan fingerprint density at radius 3 is 2.57 bits per heavy atom. The number of imidazole rings is 1. The molecule has 0 fully saturated rings. The molecule has 0 unspecified atom stereocenters. The van der Waals surface area contributed by atoms with Gasteiger partial charge in [0.05, 0.1) is 7.11 Å². The third-order valence-electron chi connectivity index (χ3n) is 4.34. The van der Waals surface area contributed by atoms with Crippen LogP contribution in [0.1, 0.15) is 16.2 Å². The Bertz CT molecular complexity index is 1160. The number of hydrogen-bond acceptors (Lipinski definition) is 6.